The van der Waals surface area contributed by atoms with Crippen molar-refractivity contribution in [2.75, 3.05) is 0 Å². The highest BCUT2D eigenvalue weighted by Crippen LogP contribution is 2.28. The van der Waals surface area contributed by atoms with E-state index >= 15 is 0 Å². The molecular formula is C17H25ClFNO3S. The molecule has 0 heterocycles. The van der Waals surface area contributed by atoms with E-state index in [2.05, 4.69) is 4.72 Å². The highest BCUT2D eigenvalue weighted by Gasteiger charge is 2.33. The predicted molar refractivity (Wildman–Crippen MR) is 95.6 cm³/mol. The fraction of sp³-hybridized carbons (Fsp3) is 0.588. The van der Waals surface area contributed by atoms with Gasteiger partial charge in [-0.3, -0.25) is 4.79 Å². The van der Waals surface area contributed by atoms with Crippen molar-refractivity contribution >= 4 is 28.9 Å². The Hall–Kier alpha value is -0.820. The normalized spacial score (nSPS) is 15.0. The Morgan fingerprint density at radius 3 is 2.42 bits per heavy atom. The number of carbonyl (C=O) groups is 1. The summed E-state index contributed by atoms with van der Waals surface area (Å²) in [6.45, 7) is 10.6. The summed E-state index contributed by atoms with van der Waals surface area (Å²) < 4.78 is 34.3. The van der Waals surface area contributed by atoms with Gasteiger partial charge in [-0.25, -0.2) is 4.39 Å². The zero-order valence-corrected chi connectivity index (χ0v) is 16.5. The summed E-state index contributed by atoms with van der Waals surface area (Å²) in [5.74, 6) is -1.14. The first-order valence-electron chi connectivity index (χ1n) is 7.65. The second kappa shape index (κ2) is 8.04. The lowest BCUT2D eigenvalue weighted by atomic mass is 10.0. The minimum atomic E-state index is -1.49. The van der Waals surface area contributed by atoms with E-state index in [1.165, 1.54) is 12.1 Å². The SMILES string of the molecule is CC(C)(C)OC(=O)CC(N[S+]([O-])C(C)(C)C)c1cccc(Cl)c1F. The molecule has 0 aromatic heterocycles. The van der Waals surface area contributed by atoms with E-state index in [0.29, 0.717) is 0 Å². The first kappa shape index (κ1) is 21.2. The summed E-state index contributed by atoms with van der Waals surface area (Å²) >= 11 is 4.34. The molecule has 0 saturated carbocycles. The number of hydrogen-bond donors (Lipinski definition) is 1. The molecule has 1 N–H and O–H groups in total. The number of rotatable bonds is 5. The van der Waals surface area contributed by atoms with E-state index in [1.807, 2.05) is 0 Å². The molecule has 4 nitrogen and oxygen atoms in total. The van der Waals surface area contributed by atoms with Crippen LogP contribution in [0, 0.1) is 5.82 Å². The smallest absolute Gasteiger partial charge is 0.308 e. The van der Waals surface area contributed by atoms with Crippen molar-refractivity contribution in [3.05, 3.63) is 34.6 Å². The van der Waals surface area contributed by atoms with Crippen LogP contribution >= 0.6 is 11.6 Å². The molecule has 7 heteroatoms. The summed E-state index contributed by atoms with van der Waals surface area (Å²) in [5.41, 5.74) is -0.469. The van der Waals surface area contributed by atoms with Gasteiger partial charge in [0.15, 0.2) is 0 Å². The highest BCUT2D eigenvalue weighted by molar-refractivity contribution is 7.90. The zero-order chi connectivity index (χ0) is 18.7. The molecule has 0 aliphatic carbocycles. The van der Waals surface area contributed by atoms with Crippen LogP contribution in [-0.4, -0.2) is 20.9 Å². The van der Waals surface area contributed by atoms with Crippen LogP contribution in [0.1, 0.15) is 59.6 Å². The Labute approximate surface area is 151 Å². The van der Waals surface area contributed by atoms with Gasteiger partial charge in [0.1, 0.15) is 16.2 Å². The van der Waals surface area contributed by atoms with Gasteiger partial charge in [-0.2, -0.15) is 0 Å². The first-order chi connectivity index (χ1) is 10.8. The Morgan fingerprint density at radius 2 is 1.92 bits per heavy atom. The van der Waals surface area contributed by atoms with Crippen LogP contribution in [-0.2, 0) is 20.9 Å². The van der Waals surface area contributed by atoms with E-state index in [4.69, 9.17) is 16.3 Å². The molecule has 1 rings (SSSR count). The van der Waals surface area contributed by atoms with Crippen molar-refractivity contribution in [1.82, 2.24) is 4.72 Å². The topological polar surface area (TPSA) is 61.4 Å². The summed E-state index contributed by atoms with van der Waals surface area (Å²) in [6.07, 6.45) is -0.156. The maximum absolute atomic E-state index is 14.4. The molecule has 24 heavy (non-hydrogen) atoms. The molecule has 0 aliphatic heterocycles. The summed E-state index contributed by atoms with van der Waals surface area (Å²) in [5, 5.41) is -0.0509. The van der Waals surface area contributed by atoms with Gasteiger partial charge >= 0.3 is 5.97 Å². The standard InChI is InChI=1S/C17H25ClFNO3S/c1-16(2,3)23-14(21)10-13(20-24(22)17(4,5)6)11-8-7-9-12(18)15(11)19/h7-9,13,20H,10H2,1-6H3. The number of carbonyl (C=O) groups excluding carboxylic acids is 1. The Kier molecular flexibility index (Phi) is 7.11. The lowest BCUT2D eigenvalue weighted by Crippen LogP contribution is -2.42. The number of ether oxygens (including phenoxy) is 1. The van der Waals surface area contributed by atoms with Crippen molar-refractivity contribution in [1.29, 1.82) is 0 Å². The fourth-order valence-corrected chi connectivity index (χ4v) is 2.86. The van der Waals surface area contributed by atoms with Gasteiger partial charge in [0.2, 0.25) is 0 Å². The second-order valence-corrected chi connectivity index (χ2v) is 9.89. The number of nitrogens with one attached hydrogen (secondary N) is 1. The Bertz CT molecular complexity index is 584. The van der Waals surface area contributed by atoms with Crippen LogP contribution in [0.25, 0.3) is 0 Å². The van der Waals surface area contributed by atoms with Crippen LogP contribution in [0.4, 0.5) is 4.39 Å². The van der Waals surface area contributed by atoms with Gasteiger partial charge in [-0.1, -0.05) is 23.7 Å². The summed E-state index contributed by atoms with van der Waals surface area (Å²) in [6, 6.07) is 3.72. The fourth-order valence-electron chi connectivity index (χ4n) is 1.86. The van der Waals surface area contributed by atoms with Crippen LogP contribution in [0.3, 0.4) is 0 Å². The molecule has 0 amide bonds. The monoisotopic (exact) mass is 377 g/mol. The molecule has 0 radical (unpaired) electrons. The minimum Gasteiger partial charge on any atom is -0.598 e. The summed E-state index contributed by atoms with van der Waals surface area (Å²) in [7, 11) is 0. The largest absolute Gasteiger partial charge is 0.598 e. The third-order valence-electron chi connectivity index (χ3n) is 2.95. The molecule has 0 spiro atoms. The molecule has 2 atom stereocenters. The number of benzene rings is 1. The molecule has 1 aromatic carbocycles. The third-order valence-corrected chi connectivity index (χ3v) is 4.86. The van der Waals surface area contributed by atoms with Crippen LogP contribution < -0.4 is 4.72 Å². The van der Waals surface area contributed by atoms with Gasteiger partial charge in [-0.15, -0.1) is 4.72 Å². The zero-order valence-electron chi connectivity index (χ0n) is 14.9. The maximum atomic E-state index is 14.4. The second-order valence-electron chi connectivity index (χ2n) is 7.49. The van der Waals surface area contributed by atoms with E-state index in [-0.39, 0.29) is 17.0 Å². The quantitative estimate of drug-likeness (QED) is 0.613. The Morgan fingerprint density at radius 1 is 1.33 bits per heavy atom. The van der Waals surface area contributed by atoms with Crippen LogP contribution in [0.15, 0.2) is 18.2 Å². The highest BCUT2D eigenvalue weighted by atomic mass is 35.5. The van der Waals surface area contributed by atoms with E-state index in [9.17, 15) is 13.7 Å². The molecule has 2 unspecified atom stereocenters. The van der Waals surface area contributed by atoms with Gasteiger partial charge < -0.3 is 9.29 Å². The van der Waals surface area contributed by atoms with E-state index < -0.39 is 39.5 Å². The minimum absolute atomic E-state index is 0.0509. The molecular weight excluding hydrogens is 353 g/mol. The Balaban J connectivity index is 3.08. The molecule has 136 valence electrons. The number of halogens is 2. The molecule has 0 fully saturated rings. The maximum Gasteiger partial charge on any atom is 0.308 e. The van der Waals surface area contributed by atoms with Crippen molar-refractivity contribution in [2.24, 2.45) is 0 Å². The predicted octanol–water partition coefficient (Wildman–Crippen LogP) is 4.30. The first-order valence-corrected chi connectivity index (χ1v) is 9.18. The molecule has 1 aromatic rings. The van der Waals surface area contributed by atoms with Crippen LogP contribution in [0.5, 0.6) is 0 Å². The number of esters is 1. The van der Waals surface area contributed by atoms with Crippen molar-refractivity contribution in [2.45, 2.75) is 64.4 Å². The summed E-state index contributed by atoms with van der Waals surface area (Å²) in [4.78, 5) is 12.2. The average molecular weight is 378 g/mol. The van der Waals surface area contributed by atoms with E-state index in [1.54, 1.807) is 47.6 Å². The van der Waals surface area contributed by atoms with Crippen molar-refractivity contribution in [3.63, 3.8) is 0 Å². The third kappa shape index (κ3) is 6.59. The van der Waals surface area contributed by atoms with Gasteiger partial charge in [0.05, 0.1) is 17.5 Å². The molecule has 0 aliphatic rings. The van der Waals surface area contributed by atoms with Crippen molar-refractivity contribution in [3.8, 4) is 0 Å². The van der Waals surface area contributed by atoms with E-state index in [0.717, 1.165) is 0 Å². The lowest BCUT2D eigenvalue weighted by molar-refractivity contribution is -0.155. The van der Waals surface area contributed by atoms with Gasteiger partial charge in [0.25, 0.3) is 0 Å². The van der Waals surface area contributed by atoms with Gasteiger partial charge in [-0.05, 0) is 47.6 Å². The average Bonchev–Trinajstić information content (AvgIpc) is 2.37. The van der Waals surface area contributed by atoms with Gasteiger partial charge in [0, 0.05) is 16.9 Å². The molecule has 0 saturated heterocycles. The lowest BCUT2D eigenvalue weighted by Gasteiger charge is -2.29. The van der Waals surface area contributed by atoms with Crippen molar-refractivity contribution < 1.29 is 18.5 Å². The van der Waals surface area contributed by atoms with Crippen LogP contribution in [0.2, 0.25) is 5.02 Å². The molecule has 0 bridgehead atoms. The number of hydrogen-bond acceptors (Lipinski definition) is 4.